The Bertz CT molecular complexity index is 330. The highest BCUT2D eigenvalue weighted by molar-refractivity contribution is 5.39. The highest BCUT2D eigenvalue weighted by Gasteiger charge is 2.28. The molecule has 1 aromatic carbocycles. The second kappa shape index (κ2) is 4.36. The lowest BCUT2D eigenvalue weighted by Gasteiger charge is -2.34. The Morgan fingerprint density at radius 3 is 2.67 bits per heavy atom. The fourth-order valence-electron chi connectivity index (χ4n) is 2.60. The third kappa shape index (κ3) is 2.07. The fourth-order valence-corrected chi connectivity index (χ4v) is 2.60. The maximum Gasteiger partial charge on any atom is 0.00929 e. The van der Waals surface area contributed by atoms with Gasteiger partial charge in [-0.25, -0.2) is 0 Å². The van der Waals surface area contributed by atoms with E-state index in [-0.39, 0.29) is 0 Å². The number of hydrogen-bond donors (Lipinski definition) is 1. The topological polar surface area (TPSA) is 12.0 Å². The quantitative estimate of drug-likeness (QED) is 0.793. The summed E-state index contributed by atoms with van der Waals surface area (Å²) in [7, 11) is 2.08. The van der Waals surface area contributed by atoms with Gasteiger partial charge in [-0.05, 0) is 42.9 Å². The van der Waals surface area contributed by atoms with Crippen molar-refractivity contribution < 1.29 is 0 Å². The van der Waals surface area contributed by atoms with Gasteiger partial charge >= 0.3 is 0 Å². The van der Waals surface area contributed by atoms with Crippen LogP contribution in [0.5, 0.6) is 0 Å². The largest absolute Gasteiger partial charge is 0.317 e. The van der Waals surface area contributed by atoms with Gasteiger partial charge in [0.1, 0.15) is 0 Å². The van der Waals surface area contributed by atoms with Crippen molar-refractivity contribution in [3.63, 3.8) is 0 Å². The molecule has 2 rings (SSSR count). The molecule has 1 heteroatoms. The summed E-state index contributed by atoms with van der Waals surface area (Å²) in [5.74, 6) is 1.52. The molecule has 1 aromatic rings. The zero-order valence-electron chi connectivity index (χ0n) is 9.96. The molecule has 1 N–H and O–H groups in total. The van der Waals surface area contributed by atoms with E-state index in [1.165, 1.54) is 12.8 Å². The Labute approximate surface area is 92.9 Å². The predicted molar refractivity (Wildman–Crippen MR) is 65.2 cm³/mol. The van der Waals surface area contributed by atoms with Crippen LogP contribution in [-0.2, 0) is 6.42 Å². The number of benzene rings is 1. The zero-order chi connectivity index (χ0) is 10.8. The van der Waals surface area contributed by atoms with Gasteiger partial charge in [0.05, 0.1) is 0 Å². The van der Waals surface area contributed by atoms with Crippen LogP contribution in [0.3, 0.4) is 0 Å². The summed E-state index contributed by atoms with van der Waals surface area (Å²) in [5.41, 5.74) is 3.14. The second-order valence-electron chi connectivity index (χ2n) is 4.97. The van der Waals surface area contributed by atoms with E-state index in [2.05, 4.69) is 50.5 Å². The molecule has 1 aliphatic rings. The van der Waals surface area contributed by atoms with E-state index in [1.54, 1.807) is 11.1 Å². The van der Waals surface area contributed by atoms with Crippen molar-refractivity contribution in [3.05, 3.63) is 35.4 Å². The second-order valence-corrected chi connectivity index (χ2v) is 4.97. The molecular formula is C14H21N. The summed E-state index contributed by atoms with van der Waals surface area (Å²) >= 11 is 0. The summed E-state index contributed by atoms with van der Waals surface area (Å²) in [6.45, 7) is 4.59. The molecule has 2 atom stereocenters. The van der Waals surface area contributed by atoms with Gasteiger partial charge < -0.3 is 5.32 Å². The average molecular weight is 203 g/mol. The Balaban J connectivity index is 1.99. The van der Waals surface area contributed by atoms with Crippen LogP contribution in [0.2, 0.25) is 0 Å². The van der Waals surface area contributed by atoms with Crippen LogP contribution in [-0.4, -0.2) is 13.1 Å². The van der Waals surface area contributed by atoms with Gasteiger partial charge in [-0.3, -0.25) is 0 Å². The zero-order valence-corrected chi connectivity index (χ0v) is 9.96. The first-order valence-corrected chi connectivity index (χ1v) is 5.97. The van der Waals surface area contributed by atoms with E-state index < -0.39 is 0 Å². The molecule has 82 valence electrons. The molecule has 1 nitrogen and oxygen atoms in total. The van der Waals surface area contributed by atoms with Crippen LogP contribution >= 0.6 is 0 Å². The maximum absolute atomic E-state index is 3.43. The molecule has 0 bridgehead atoms. The Hall–Kier alpha value is -0.820. The average Bonchev–Trinajstić information content (AvgIpc) is 2.19. The number of hydrogen-bond acceptors (Lipinski definition) is 1. The normalized spacial score (nSPS) is 20.9. The highest BCUT2D eigenvalue weighted by atomic mass is 14.9. The molecule has 0 saturated heterocycles. The molecular weight excluding hydrogens is 182 g/mol. The van der Waals surface area contributed by atoms with Crippen LogP contribution < -0.4 is 5.32 Å². The lowest BCUT2D eigenvalue weighted by atomic mass is 9.73. The van der Waals surface area contributed by atoms with E-state index in [1.807, 2.05) is 0 Å². The SMILES string of the molecule is CNC(CC1Cc2ccccc21)C(C)C. The number of rotatable bonds is 4. The van der Waals surface area contributed by atoms with Crippen LogP contribution in [0.1, 0.15) is 37.3 Å². The third-order valence-corrected chi connectivity index (χ3v) is 3.68. The van der Waals surface area contributed by atoms with Gasteiger partial charge in [0.25, 0.3) is 0 Å². The predicted octanol–water partition coefficient (Wildman–Crippen LogP) is 2.96. The van der Waals surface area contributed by atoms with Crippen LogP contribution in [0.25, 0.3) is 0 Å². The Kier molecular flexibility index (Phi) is 3.11. The fraction of sp³-hybridized carbons (Fsp3) is 0.571. The molecule has 0 heterocycles. The van der Waals surface area contributed by atoms with Gasteiger partial charge in [0, 0.05) is 6.04 Å². The molecule has 0 fully saturated rings. The van der Waals surface area contributed by atoms with Crippen LogP contribution in [0.4, 0.5) is 0 Å². The third-order valence-electron chi connectivity index (χ3n) is 3.68. The molecule has 2 unspecified atom stereocenters. The van der Waals surface area contributed by atoms with Crippen molar-refractivity contribution >= 4 is 0 Å². The van der Waals surface area contributed by atoms with E-state index in [9.17, 15) is 0 Å². The minimum absolute atomic E-state index is 0.656. The maximum atomic E-state index is 3.43. The highest BCUT2D eigenvalue weighted by Crippen LogP contribution is 2.38. The monoisotopic (exact) mass is 203 g/mol. The van der Waals surface area contributed by atoms with Crippen molar-refractivity contribution in [2.45, 2.75) is 38.6 Å². The summed E-state index contributed by atoms with van der Waals surface area (Å²) in [6.07, 6.45) is 2.56. The van der Waals surface area contributed by atoms with Gasteiger partial charge in [-0.15, -0.1) is 0 Å². The van der Waals surface area contributed by atoms with Crippen LogP contribution in [0, 0.1) is 5.92 Å². The molecule has 0 aromatic heterocycles. The molecule has 0 spiro atoms. The van der Waals surface area contributed by atoms with Gasteiger partial charge in [-0.1, -0.05) is 38.1 Å². The van der Waals surface area contributed by atoms with Crippen molar-refractivity contribution in [1.29, 1.82) is 0 Å². The first kappa shape index (κ1) is 10.7. The molecule has 15 heavy (non-hydrogen) atoms. The Morgan fingerprint density at radius 1 is 1.33 bits per heavy atom. The summed E-state index contributed by atoms with van der Waals surface area (Å²) < 4.78 is 0. The van der Waals surface area contributed by atoms with Crippen molar-refractivity contribution in [1.82, 2.24) is 5.32 Å². The first-order valence-electron chi connectivity index (χ1n) is 5.97. The van der Waals surface area contributed by atoms with Crippen molar-refractivity contribution in [2.75, 3.05) is 7.05 Å². The van der Waals surface area contributed by atoms with E-state index >= 15 is 0 Å². The van der Waals surface area contributed by atoms with Crippen molar-refractivity contribution in [3.8, 4) is 0 Å². The summed E-state index contributed by atoms with van der Waals surface area (Å²) in [6, 6.07) is 9.51. The van der Waals surface area contributed by atoms with Gasteiger partial charge in [0.2, 0.25) is 0 Å². The van der Waals surface area contributed by atoms with Gasteiger partial charge in [-0.2, -0.15) is 0 Å². The minimum atomic E-state index is 0.656. The van der Waals surface area contributed by atoms with Gasteiger partial charge in [0.15, 0.2) is 0 Å². The summed E-state index contributed by atoms with van der Waals surface area (Å²) in [4.78, 5) is 0. The number of fused-ring (bicyclic) bond motifs is 1. The smallest absolute Gasteiger partial charge is 0.00929 e. The molecule has 0 saturated carbocycles. The van der Waals surface area contributed by atoms with E-state index in [0.717, 1.165) is 11.8 Å². The van der Waals surface area contributed by atoms with Crippen molar-refractivity contribution in [2.24, 2.45) is 5.92 Å². The summed E-state index contributed by atoms with van der Waals surface area (Å²) in [5, 5.41) is 3.43. The number of nitrogens with one attached hydrogen (secondary N) is 1. The lowest BCUT2D eigenvalue weighted by molar-refractivity contribution is 0.359. The lowest BCUT2D eigenvalue weighted by Crippen LogP contribution is -2.34. The van der Waals surface area contributed by atoms with E-state index in [0.29, 0.717) is 6.04 Å². The molecule has 0 aliphatic heterocycles. The van der Waals surface area contributed by atoms with E-state index in [4.69, 9.17) is 0 Å². The standard InChI is InChI=1S/C14H21N/c1-10(2)14(15-3)9-12-8-11-6-4-5-7-13(11)12/h4-7,10,12,14-15H,8-9H2,1-3H3. The molecule has 1 aliphatic carbocycles. The first-order chi connectivity index (χ1) is 7.22. The Morgan fingerprint density at radius 2 is 2.07 bits per heavy atom. The van der Waals surface area contributed by atoms with Crippen LogP contribution in [0.15, 0.2) is 24.3 Å². The molecule has 0 radical (unpaired) electrons. The molecule has 0 amide bonds. The minimum Gasteiger partial charge on any atom is -0.317 e.